The topological polar surface area (TPSA) is 3.24 Å². The predicted octanol–water partition coefficient (Wildman–Crippen LogP) is 3.37. The monoisotopic (exact) mass is 217 g/mol. The summed E-state index contributed by atoms with van der Waals surface area (Å²) in [5, 5.41) is 0. The van der Waals surface area contributed by atoms with Gasteiger partial charge in [0.25, 0.3) is 0 Å². The fraction of sp³-hybridized carbons (Fsp3) is 0.467. The summed E-state index contributed by atoms with van der Waals surface area (Å²) in [6.07, 6.45) is 3.15. The average Bonchev–Trinajstić information content (AvgIpc) is 2.27. The van der Waals surface area contributed by atoms with Gasteiger partial charge in [0.15, 0.2) is 0 Å². The van der Waals surface area contributed by atoms with Crippen molar-refractivity contribution >= 4 is 0 Å². The van der Waals surface area contributed by atoms with Crippen LogP contribution in [-0.4, -0.2) is 25.0 Å². The fourth-order valence-corrected chi connectivity index (χ4v) is 1.80. The number of nitrogens with zero attached hydrogens (tertiary/aromatic N) is 1. The molecule has 0 amide bonds. The zero-order valence-electron chi connectivity index (χ0n) is 10.7. The van der Waals surface area contributed by atoms with Crippen molar-refractivity contribution in [2.45, 2.75) is 20.3 Å². The molecule has 0 aliphatic carbocycles. The van der Waals surface area contributed by atoms with Crippen LogP contribution in [0.1, 0.15) is 19.4 Å². The van der Waals surface area contributed by atoms with Crippen LogP contribution in [0.15, 0.2) is 43.0 Å². The zero-order valence-corrected chi connectivity index (χ0v) is 10.7. The molecule has 0 aromatic heterocycles. The lowest BCUT2D eigenvalue weighted by atomic mass is 9.93. The van der Waals surface area contributed by atoms with Crippen LogP contribution in [-0.2, 0) is 6.42 Å². The van der Waals surface area contributed by atoms with Gasteiger partial charge < -0.3 is 4.90 Å². The van der Waals surface area contributed by atoms with Gasteiger partial charge in [0.05, 0.1) is 0 Å². The van der Waals surface area contributed by atoms with Crippen LogP contribution >= 0.6 is 0 Å². The molecular weight excluding hydrogens is 194 g/mol. The van der Waals surface area contributed by atoms with E-state index in [1.165, 1.54) is 5.56 Å². The molecule has 0 heterocycles. The number of hydrogen-bond donors (Lipinski definition) is 0. The Balaban J connectivity index is 2.36. The Morgan fingerprint density at radius 2 is 1.88 bits per heavy atom. The minimum atomic E-state index is 0.200. The van der Waals surface area contributed by atoms with E-state index in [0.29, 0.717) is 0 Å². The van der Waals surface area contributed by atoms with Crippen LogP contribution in [0.5, 0.6) is 0 Å². The molecule has 16 heavy (non-hydrogen) atoms. The molecule has 88 valence electrons. The lowest BCUT2D eigenvalue weighted by Gasteiger charge is -2.27. The Morgan fingerprint density at radius 3 is 2.44 bits per heavy atom. The number of rotatable bonds is 6. The molecule has 0 fully saturated rings. The lowest BCUT2D eigenvalue weighted by molar-refractivity contribution is 0.253. The van der Waals surface area contributed by atoms with Gasteiger partial charge in [-0.1, -0.05) is 50.3 Å². The molecule has 1 nitrogen and oxygen atoms in total. The average molecular weight is 217 g/mol. The second-order valence-corrected chi connectivity index (χ2v) is 5.17. The maximum atomic E-state index is 3.88. The summed E-state index contributed by atoms with van der Waals surface area (Å²) in [7, 11) is 2.17. The molecule has 0 aliphatic heterocycles. The Kier molecular flexibility index (Phi) is 4.75. The van der Waals surface area contributed by atoms with Gasteiger partial charge in [-0.2, -0.15) is 0 Å². The predicted molar refractivity (Wildman–Crippen MR) is 71.6 cm³/mol. The minimum absolute atomic E-state index is 0.200. The number of benzene rings is 1. The van der Waals surface area contributed by atoms with Crippen molar-refractivity contribution in [1.82, 2.24) is 4.90 Å². The molecule has 0 saturated heterocycles. The van der Waals surface area contributed by atoms with Gasteiger partial charge in [-0.25, -0.2) is 0 Å². The Bertz CT molecular complexity index is 313. The molecule has 0 saturated carbocycles. The molecular formula is C15H23N. The number of hydrogen-bond acceptors (Lipinski definition) is 1. The van der Waals surface area contributed by atoms with Gasteiger partial charge in [0.2, 0.25) is 0 Å². The van der Waals surface area contributed by atoms with Crippen molar-refractivity contribution in [1.29, 1.82) is 0 Å². The molecule has 0 aliphatic rings. The Labute approximate surface area is 99.8 Å². The first kappa shape index (κ1) is 13.0. The highest BCUT2D eigenvalue weighted by Gasteiger charge is 2.15. The van der Waals surface area contributed by atoms with Gasteiger partial charge in [0, 0.05) is 13.1 Å². The van der Waals surface area contributed by atoms with Crippen LogP contribution in [0.2, 0.25) is 0 Å². The quantitative estimate of drug-likeness (QED) is 0.660. The highest BCUT2D eigenvalue weighted by Crippen LogP contribution is 2.17. The van der Waals surface area contributed by atoms with Crippen molar-refractivity contribution in [2.75, 3.05) is 20.1 Å². The van der Waals surface area contributed by atoms with E-state index in [1.807, 2.05) is 6.08 Å². The van der Waals surface area contributed by atoms with Crippen LogP contribution in [0.4, 0.5) is 0 Å². The standard InChI is InChI=1S/C15H23N/c1-5-15(2,3)13-16(4)12-11-14-9-7-6-8-10-14/h5-10H,1,11-13H2,2-4H3. The van der Waals surface area contributed by atoms with E-state index >= 15 is 0 Å². The zero-order chi connectivity index (χ0) is 12.0. The van der Waals surface area contributed by atoms with E-state index in [4.69, 9.17) is 0 Å². The summed E-state index contributed by atoms with van der Waals surface area (Å²) in [5.74, 6) is 0. The van der Waals surface area contributed by atoms with E-state index in [9.17, 15) is 0 Å². The first-order chi connectivity index (χ1) is 7.53. The van der Waals surface area contributed by atoms with E-state index in [-0.39, 0.29) is 5.41 Å². The van der Waals surface area contributed by atoms with Gasteiger partial charge in [0.1, 0.15) is 0 Å². The molecule has 0 radical (unpaired) electrons. The smallest absolute Gasteiger partial charge is 0.00643 e. The fourth-order valence-electron chi connectivity index (χ4n) is 1.80. The highest BCUT2D eigenvalue weighted by molar-refractivity contribution is 5.14. The molecule has 0 N–H and O–H groups in total. The van der Waals surface area contributed by atoms with Gasteiger partial charge in [-0.15, -0.1) is 6.58 Å². The molecule has 1 heteroatoms. The first-order valence-corrected chi connectivity index (χ1v) is 5.89. The second-order valence-electron chi connectivity index (χ2n) is 5.17. The normalized spacial score (nSPS) is 11.8. The van der Waals surface area contributed by atoms with Crippen molar-refractivity contribution in [3.8, 4) is 0 Å². The molecule has 0 bridgehead atoms. The van der Waals surface area contributed by atoms with Crippen LogP contribution in [0.25, 0.3) is 0 Å². The first-order valence-electron chi connectivity index (χ1n) is 5.89. The van der Waals surface area contributed by atoms with Gasteiger partial charge in [-0.3, -0.25) is 0 Å². The molecule has 0 spiro atoms. The van der Waals surface area contributed by atoms with E-state index in [0.717, 1.165) is 19.5 Å². The summed E-state index contributed by atoms with van der Waals surface area (Å²) < 4.78 is 0. The maximum Gasteiger partial charge on any atom is 0.00643 e. The van der Waals surface area contributed by atoms with Crippen LogP contribution in [0, 0.1) is 5.41 Å². The third-order valence-corrected chi connectivity index (χ3v) is 2.86. The van der Waals surface area contributed by atoms with Crippen molar-refractivity contribution < 1.29 is 0 Å². The molecule has 1 aromatic carbocycles. The van der Waals surface area contributed by atoms with E-state index < -0.39 is 0 Å². The van der Waals surface area contributed by atoms with Crippen LogP contribution < -0.4 is 0 Å². The SMILES string of the molecule is C=CC(C)(C)CN(C)CCc1ccccc1. The Morgan fingerprint density at radius 1 is 1.25 bits per heavy atom. The Hall–Kier alpha value is -1.08. The largest absolute Gasteiger partial charge is 0.305 e. The maximum absolute atomic E-state index is 3.88. The molecule has 0 atom stereocenters. The van der Waals surface area contributed by atoms with Crippen LogP contribution in [0.3, 0.4) is 0 Å². The summed E-state index contributed by atoms with van der Waals surface area (Å²) in [6.45, 7) is 10.5. The lowest BCUT2D eigenvalue weighted by Crippen LogP contribution is -2.31. The third kappa shape index (κ3) is 4.63. The highest BCUT2D eigenvalue weighted by atomic mass is 15.1. The minimum Gasteiger partial charge on any atom is -0.305 e. The molecule has 0 unspecified atom stereocenters. The molecule has 1 aromatic rings. The van der Waals surface area contributed by atoms with Gasteiger partial charge in [-0.05, 0) is 24.4 Å². The van der Waals surface area contributed by atoms with Crippen molar-refractivity contribution in [3.05, 3.63) is 48.6 Å². The second kappa shape index (κ2) is 5.86. The summed E-state index contributed by atoms with van der Waals surface area (Å²) in [4.78, 5) is 2.37. The van der Waals surface area contributed by atoms with Crippen molar-refractivity contribution in [2.24, 2.45) is 5.41 Å². The summed E-state index contributed by atoms with van der Waals surface area (Å²) >= 11 is 0. The van der Waals surface area contributed by atoms with Crippen molar-refractivity contribution in [3.63, 3.8) is 0 Å². The van der Waals surface area contributed by atoms with E-state index in [2.05, 4.69) is 62.7 Å². The van der Waals surface area contributed by atoms with E-state index in [1.54, 1.807) is 0 Å². The van der Waals surface area contributed by atoms with Gasteiger partial charge >= 0.3 is 0 Å². The third-order valence-electron chi connectivity index (χ3n) is 2.86. The number of likely N-dealkylation sites (N-methyl/N-ethyl adjacent to an activating group) is 1. The summed E-state index contributed by atoms with van der Waals surface area (Å²) in [6, 6.07) is 10.6. The summed E-state index contributed by atoms with van der Waals surface area (Å²) in [5.41, 5.74) is 1.61. The molecule has 1 rings (SSSR count).